The molecule has 0 saturated heterocycles. The predicted octanol–water partition coefficient (Wildman–Crippen LogP) is 4.33. The van der Waals surface area contributed by atoms with Crippen LogP contribution in [0, 0.1) is 6.92 Å². The van der Waals surface area contributed by atoms with Gasteiger partial charge in [-0.05, 0) is 48.6 Å². The summed E-state index contributed by atoms with van der Waals surface area (Å²) < 4.78 is 1.08. The SMILES string of the molecule is C=C/C(=C\C)c1cc(C)c(Cl)c2sc3c(c12)CN(C(=O)CO)CC3. The summed E-state index contributed by atoms with van der Waals surface area (Å²) in [7, 11) is 0. The molecule has 1 aliphatic heterocycles. The van der Waals surface area contributed by atoms with E-state index in [4.69, 9.17) is 16.7 Å². The highest BCUT2D eigenvalue weighted by Gasteiger charge is 2.26. The first kappa shape index (κ1) is 17.2. The lowest BCUT2D eigenvalue weighted by atomic mass is 9.94. The van der Waals surface area contributed by atoms with Crippen molar-refractivity contribution in [3.05, 3.63) is 51.4 Å². The van der Waals surface area contributed by atoms with E-state index in [9.17, 15) is 4.79 Å². The Labute approximate surface area is 150 Å². The Bertz CT molecular complexity index is 866. The molecule has 0 spiro atoms. The lowest BCUT2D eigenvalue weighted by Crippen LogP contribution is -2.37. The molecule has 3 rings (SSSR count). The first-order valence-corrected chi connectivity index (χ1v) is 9.12. The average molecular weight is 362 g/mol. The van der Waals surface area contributed by atoms with Gasteiger partial charge in [-0.1, -0.05) is 30.3 Å². The van der Waals surface area contributed by atoms with Crippen molar-refractivity contribution in [2.75, 3.05) is 13.2 Å². The molecule has 2 aromatic rings. The molecule has 5 heteroatoms. The molecular formula is C19H20ClNO2S. The van der Waals surface area contributed by atoms with Crippen molar-refractivity contribution in [2.24, 2.45) is 0 Å². The van der Waals surface area contributed by atoms with Gasteiger partial charge in [0, 0.05) is 23.4 Å². The zero-order valence-corrected chi connectivity index (χ0v) is 15.4. The molecule has 0 bridgehead atoms. The molecule has 24 heavy (non-hydrogen) atoms. The highest BCUT2D eigenvalue weighted by atomic mass is 35.5. The third kappa shape index (κ3) is 2.69. The van der Waals surface area contributed by atoms with E-state index in [2.05, 4.69) is 12.6 Å². The van der Waals surface area contributed by atoms with Gasteiger partial charge in [0.2, 0.25) is 5.91 Å². The average Bonchev–Trinajstić information content (AvgIpc) is 2.98. The van der Waals surface area contributed by atoms with Gasteiger partial charge >= 0.3 is 0 Å². The fourth-order valence-corrected chi connectivity index (χ4v) is 4.86. The second kappa shape index (κ2) is 6.71. The summed E-state index contributed by atoms with van der Waals surface area (Å²) in [5.74, 6) is -0.227. The van der Waals surface area contributed by atoms with Crippen LogP contribution in [0.4, 0.5) is 0 Å². The van der Waals surface area contributed by atoms with Gasteiger partial charge in [-0.15, -0.1) is 11.3 Å². The number of carbonyl (C=O) groups is 1. The molecule has 3 nitrogen and oxygen atoms in total. The fourth-order valence-electron chi connectivity index (χ4n) is 3.28. The van der Waals surface area contributed by atoms with Crippen LogP contribution in [0.5, 0.6) is 0 Å². The minimum atomic E-state index is -0.448. The van der Waals surface area contributed by atoms with E-state index in [1.54, 1.807) is 16.2 Å². The highest BCUT2D eigenvalue weighted by molar-refractivity contribution is 7.20. The smallest absolute Gasteiger partial charge is 0.248 e. The predicted molar refractivity (Wildman–Crippen MR) is 102 cm³/mol. The van der Waals surface area contributed by atoms with Crippen molar-refractivity contribution in [3.8, 4) is 0 Å². The Morgan fingerprint density at radius 3 is 2.92 bits per heavy atom. The summed E-state index contributed by atoms with van der Waals surface area (Å²) in [4.78, 5) is 14.9. The molecule has 0 aliphatic carbocycles. The lowest BCUT2D eigenvalue weighted by Gasteiger charge is -2.27. The van der Waals surface area contributed by atoms with Crippen LogP contribution in [-0.2, 0) is 17.8 Å². The molecule has 0 saturated carbocycles. The Hall–Kier alpha value is -1.62. The number of thiophene rings is 1. The van der Waals surface area contributed by atoms with E-state index >= 15 is 0 Å². The second-order valence-electron chi connectivity index (χ2n) is 5.93. The van der Waals surface area contributed by atoms with Gasteiger partial charge in [0.25, 0.3) is 0 Å². The van der Waals surface area contributed by atoms with Crippen LogP contribution in [0.25, 0.3) is 15.7 Å². The molecular weight excluding hydrogens is 342 g/mol. The topological polar surface area (TPSA) is 40.5 Å². The van der Waals surface area contributed by atoms with Gasteiger partial charge in [-0.3, -0.25) is 4.79 Å². The molecule has 2 heterocycles. The summed E-state index contributed by atoms with van der Waals surface area (Å²) in [6, 6.07) is 2.10. The van der Waals surface area contributed by atoms with Crippen molar-refractivity contribution >= 4 is 44.5 Å². The quantitative estimate of drug-likeness (QED) is 0.826. The summed E-state index contributed by atoms with van der Waals surface area (Å²) in [6.45, 7) is 8.65. The Balaban J connectivity index is 2.27. The Morgan fingerprint density at radius 1 is 1.54 bits per heavy atom. The third-order valence-corrected chi connectivity index (χ3v) is 6.46. The van der Waals surface area contributed by atoms with E-state index in [-0.39, 0.29) is 5.91 Å². The maximum atomic E-state index is 11.9. The molecule has 1 amide bonds. The van der Waals surface area contributed by atoms with E-state index in [1.807, 2.05) is 26.0 Å². The number of aliphatic hydroxyl groups is 1. The summed E-state index contributed by atoms with van der Waals surface area (Å²) in [5, 5.41) is 11.1. The molecule has 0 atom stereocenters. The van der Waals surface area contributed by atoms with E-state index in [1.165, 1.54) is 4.88 Å². The molecule has 1 aliphatic rings. The number of aliphatic hydroxyl groups excluding tert-OH is 1. The number of nitrogens with zero attached hydrogens (tertiary/aromatic N) is 1. The molecule has 0 radical (unpaired) electrons. The number of aryl methyl sites for hydroxylation is 1. The van der Waals surface area contributed by atoms with Gasteiger partial charge in [-0.2, -0.15) is 0 Å². The van der Waals surface area contributed by atoms with E-state index in [0.29, 0.717) is 13.1 Å². The zero-order valence-electron chi connectivity index (χ0n) is 13.9. The van der Waals surface area contributed by atoms with Gasteiger partial charge in [-0.25, -0.2) is 0 Å². The lowest BCUT2D eigenvalue weighted by molar-refractivity contribution is -0.135. The molecule has 0 unspecified atom stereocenters. The standard InChI is InChI=1S/C19H20ClNO2S/c1-4-12(5-2)13-8-11(3)18(20)19-17(13)14-9-21(16(23)10-22)7-6-15(14)24-19/h4-5,8,22H,1,6-7,9-10H2,2-3H3/b12-5+. The maximum Gasteiger partial charge on any atom is 0.248 e. The normalized spacial score (nSPS) is 14.8. The van der Waals surface area contributed by atoms with Crippen LogP contribution in [0.3, 0.4) is 0 Å². The monoisotopic (exact) mass is 361 g/mol. The summed E-state index contributed by atoms with van der Waals surface area (Å²) in [5.41, 5.74) is 4.37. The Morgan fingerprint density at radius 2 is 2.29 bits per heavy atom. The molecule has 1 N–H and O–H groups in total. The van der Waals surface area contributed by atoms with Crippen molar-refractivity contribution in [3.63, 3.8) is 0 Å². The highest BCUT2D eigenvalue weighted by Crippen LogP contribution is 2.44. The number of hydrogen-bond acceptors (Lipinski definition) is 3. The molecule has 126 valence electrons. The van der Waals surface area contributed by atoms with Crippen LogP contribution >= 0.6 is 22.9 Å². The summed E-state index contributed by atoms with van der Waals surface area (Å²) >= 11 is 8.30. The number of allylic oxidation sites excluding steroid dienone is 3. The van der Waals surface area contributed by atoms with E-state index < -0.39 is 6.61 Å². The van der Waals surface area contributed by atoms with Gasteiger partial charge in [0.05, 0.1) is 9.72 Å². The second-order valence-corrected chi connectivity index (χ2v) is 7.42. The number of halogens is 1. The van der Waals surface area contributed by atoms with Gasteiger partial charge < -0.3 is 10.0 Å². The van der Waals surface area contributed by atoms with Crippen LogP contribution in [-0.4, -0.2) is 29.1 Å². The Kier molecular flexibility index (Phi) is 4.81. The van der Waals surface area contributed by atoms with Crippen molar-refractivity contribution in [1.29, 1.82) is 0 Å². The minimum absolute atomic E-state index is 0.227. The van der Waals surface area contributed by atoms with Crippen molar-refractivity contribution in [2.45, 2.75) is 26.8 Å². The van der Waals surface area contributed by atoms with Crippen molar-refractivity contribution < 1.29 is 9.90 Å². The zero-order chi connectivity index (χ0) is 17.4. The van der Waals surface area contributed by atoms with Crippen LogP contribution in [0.2, 0.25) is 5.02 Å². The summed E-state index contributed by atoms with van der Waals surface area (Å²) in [6.07, 6.45) is 4.69. The largest absolute Gasteiger partial charge is 0.387 e. The van der Waals surface area contributed by atoms with E-state index in [0.717, 1.165) is 43.8 Å². The fraction of sp³-hybridized carbons (Fsp3) is 0.316. The van der Waals surface area contributed by atoms with Crippen LogP contribution in [0.1, 0.15) is 28.5 Å². The molecule has 0 fully saturated rings. The first-order chi connectivity index (χ1) is 11.5. The number of fused-ring (bicyclic) bond motifs is 3. The number of carbonyl (C=O) groups excluding carboxylic acids is 1. The number of benzene rings is 1. The molecule has 1 aromatic carbocycles. The van der Waals surface area contributed by atoms with Crippen LogP contribution < -0.4 is 0 Å². The third-order valence-electron chi connectivity index (χ3n) is 4.55. The van der Waals surface area contributed by atoms with Gasteiger partial charge in [0.1, 0.15) is 6.61 Å². The minimum Gasteiger partial charge on any atom is -0.387 e. The van der Waals surface area contributed by atoms with Crippen molar-refractivity contribution in [1.82, 2.24) is 4.90 Å². The first-order valence-electron chi connectivity index (χ1n) is 7.92. The molecule has 1 aromatic heterocycles. The number of hydrogen-bond donors (Lipinski definition) is 1. The van der Waals surface area contributed by atoms with Gasteiger partial charge in [0.15, 0.2) is 0 Å². The number of rotatable bonds is 3. The van der Waals surface area contributed by atoms with Crippen LogP contribution in [0.15, 0.2) is 24.8 Å². The maximum absolute atomic E-state index is 11.9. The number of amides is 1.